The zero-order valence-corrected chi connectivity index (χ0v) is 11.5. The first-order chi connectivity index (χ1) is 8.63. The average Bonchev–Trinajstić information content (AvgIpc) is 2.37. The van der Waals surface area contributed by atoms with Gasteiger partial charge in [0.25, 0.3) is 0 Å². The molecule has 0 radical (unpaired) electrons. The molecular formula is C15H25N3. The van der Waals surface area contributed by atoms with E-state index in [0.717, 1.165) is 12.1 Å². The third kappa shape index (κ3) is 3.09. The third-order valence-electron chi connectivity index (χ3n) is 4.44. The zero-order chi connectivity index (χ0) is 13.0. The highest BCUT2D eigenvalue weighted by Gasteiger charge is 2.37. The van der Waals surface area contributed by atoms with Crippen molar-refractivity contribution in [2.75, 3.05) is 0 Å². The molecule has 0 aliphatic heterocycles. The molecule has 0 amide bonds. The molecule has 2 rings (SSSR count). The van der Waals surface area contributed by atoms with Gasteiger partial charge >= 0.3 is 0 Å². The highest BCUT2D eigenvalue weighted by Crippen LogP contribution is 2.42. The molecule has 3 nitrogen and oxygen atoms in total. The van der Waals surface area contributed by atoms with Gasteiger partial charge in [-0.15, -0.1) is 0 Å². The molecular weight excluding hydrogens is 222 g/mol. The normalized spacial score (nSPS) is 24.7. The van der Waals surface area contributed by atoms with Crippen LogP contribution in [0.25, 0.3) is 0 Å². The first kappa shape index (κ1) is 13.5. The van der Waals surface area contributed by atoms with Crippen molar-refractivity contribution in [3.8, 4) is 0 Å². The Hall–Kier alpha value is -0.930. The number of pyridine rings is 1. The molecule has 0 saturated heterocycles. The minimum absolute atomic E-state index is 0.329. The molecule has 1 heterocycles. The van der Waals surface area contributed by atoms with E-state index >= 15 is 0 Å². The molecule has 1 aliphatic carbocycles. The fraction of sp³-hybridized carbons (Fsp3) is 0.667. The Balaban J connectivity index is 2.08. The lowest BCUT2D eigenvalue weighted by Gasteiger charge is -2.43. The smallest absolute Gasteiger partial charge is 0.0419 e. The Bertz CT molecular complexity index is 361. The van der Waals surface area contributed by atoms with E-state index in [2.05, 4.69) is 30.3 Å². The number of rotatable bonds is 4. The van der Waals surface area contributed by atoms with E-state index in [-0.39, 0.29) is 0 Å². The van der Waals surface area contributed by atoms with Crippen LogP contribution in [0.2, 0.25) is 0 Å². The van der Waals surface area contributed by atoms with Crippen LogP contribution >= 0.6 is 0 Å². The SMILES string of the molecule is CC1(C)CCCCC1C(Cc1ccccn1)NN. The van der Waals surface area contributed by atoms with Crippen LogP contribution in [0.15, 0.2) is 24.4 Å². The van der Waals surface area contributed by atoms with Gasteiger partial charge in [0.2, 0.25) is 0 Å². The van der Waals surface area contributed by atoms with E-state index in [1.807, 2.05) is 18.3 Å². The maximum absolute atomic E-state index is 5.79. The molecule has 0 spiro atoms. The number of aromatic nitrogens is 1. The lowest BCUT2D eigenvalue weighted by atomic mass is 9.65. The third-order valence-corrected chi connectivity index (χ3v) is 4.44. The highest BCUT2D eigenvalue weighted by molar-refractivity contribution is 5.06. The summed E-state index contributed by atoms with van der Waals surface area (Å²) in [5.41, 5.74) is 4.54. The van der Waals surface area contributed by atoms with Crippen LogP contribution in [0.4, 0.5) is 0 Å². The van der Waals surface area contributed by atoms with E-state index < -0.39 is 0 Å². The summed E-state index contributed by atoms with van der Waals surface area (Å²) >= 11 is 0. The van der Waals surface area contributed by atoms with Crippen LogP contribution in [0.5, 0.6) is 0 Å². The lowest BCUT2D eigenvalue weighted by Crippen LogP contribution is -2.48. The topological polar surface area (TPSA) is 50.9 Å². The lowest BCUT2D eigenvalue weighted by molar-refractivity contribution is 0.0978. The summed E-state index contributed by atoms with van der Waals surface area (Å²) in [7, 11) is 0. The van der Waals surface area contributed by atoms with Crippen molar-refractivity contribution in [2.24, 2.45) is 17.2 Å². The average molecular weight is 247 g/mol. The van der Waals surface area contributed by atoms with Gasteiger partial charge in [-0.05, 0) is 36.3 Å². The summed E-state index contributed by atoms with van der Waals surface area (Å²) in [6.45, 7) is 4.75. The van der Waals surface area contributed by atoms with Crippen LogP contribution in [-0.2, 0) is 6.42 Å². The van der Waals surface area contributed by atoms with E-state index in [0.29, 0.717) is 17.4 Å². The summed E-state index contributed by atoms with van der Waals surface area (Å²) in [6.07, 6.45) is 8.03. The van der Waals surface area contributed by atoms with Crippen LogP contribution in [0.1, 0.15) is 45.2 Å². The van der Waals surface area contributed by atoms with Crippen LogP contribution in [0.3, 0.4) is 0 Å². The first-order valence-corrected chi connectivity index (χ1v) is 6.99. The number of hydrogen-bond donors (Lipinski definition) is 2. The minimum atomic E-state index is 0.329. The highest BCUT2D eigenvalue weighted by atomic mass is 15.2. The second-order valence-corrected chi connectivity index (χ2v) is 6.14. The fourth-order valence-electron chi connectivity index (χ4n) is 3.33. The van der Waals surface area contributed by atoms with Gasteiger partial charge in [0.1, 0.15) is 0 Å². The molecule has 1 aromatic rings. The van der Waals surface area contributed by atoms with Crippen LogP contribution in [-0.4, -0.2) is 11.0 Å². The van der Waals surface area contributed by atoms with E-state index in [1.165, 1.54) is 25.7 Å². The van der Waals surface area contributed by atoms with E-state index in [1.54, 1.807) is 0 Å². The van der Waals surface area contributed by atoms with Crippen LogP contribution in [0, 0.1) is 11.3 Å². The van der Waals surface area contributed by atoms with Crippen molar-refractivity contribution < 1.29 is 0 Å². The maximum Gasteiger partial charge on any atom is 0.0419 e. The molecule has 0 bridgehead atoms. The maximum atomic E-state index is 5.79. The van der Waals surface area contributed by atoms with Gasteiger partial charge in [-0.2, -0.15) is 0 Å². The molecule has 2 atom stereocenters. The molecule has 3 heteroatoms. The van der Waals surface area contributed by atoms with Gasteiger partial charge in [-0.25, -0.2) is 0 Å². The molecule has 1 fully saturated rings. The Morgan fingerprint density at radius 1 is 1.44 bits per heavy atom. The summed E-state index contributed by atoms with van der Waals surface area (Å²) in [5.74, 6) is 6.43. The van der Waals surface area contributed by atoms with Gasteiger partial charge < -0.3 is 0 Å². The summed E-state index contributed by atoms with van der Waals surface area (Å²) in [6, 6.07) is 6.41. The molecule has 3 N–H and O–H groups in total. The fourth-order valence-corrected chi connectivity index (χ4v) is 3.33. The molecule has 0 aromatic carbocycles. The zero-order valence-electron chi connectivity index (χ0n) is 11.5. The van der Waals surface area contributed by atoms with E-state index in [4.69, 9.17) is 5.84 Å². The van der Waals surface area contributed by atoms with Gasteiger partial charge in [0.05, 0.1) is 0 Å². The van der Waals surface area contributed by atoms with Gasteiger partial charge in [-0.3, -0.25) is 16.3 Å². The standard InChI is InChI=1S/C15H25N3/c1-15(2)9-5-3-8-13(15)14(18-16)11-12-7-4-6-10-17-12/h4,6-7,10,13-14,18H,3,5,8-9,11,16H2,1-2H3. The van der Waals surface area contributed by atoms with Crippen molar-refractivity contribution in [1.29, 1.82) is 0 Å². The van der Waals surface area contributed by atoms with Crippen molar-refractivity contribution in [3.05, 3.63) is 30.1 Å². The molecule has 18 heavy (non-hydrogen) atoms. The summed E-state index contributed by atoms with van der Waals surface area (Å²) in [4.78, 5) is 4.41. The minimum Gasteiger partial charge on any atom is -0.271 e. The van der Waals surface area contributed by atoms with Gasteiger partial charge in [0, 0.05) is 24.4 Å². The Labute approximate surface area is 110 Å². The summed E-state index contributed by atoms with van der Waals surface area (Å²) < 4.78 is 0. The van der Waals surface area contributed by atoms with Gasteiger partial charge in [-0.1, -0.05) is 32.8 Å². The second-order valence-electron chi connectivity index (χ2n) is 6.14. The van der Waals surface area contributed by atoms with Crippen LogP contribution < -0.4 is 11.3 Å². The number of nitrogens with one attached hydrogen (secondary N) is 1. The quantitative estimate of drug-likeness (QED) is 0.635. The Morgan fingerprint density at radius 3 is 2.89 bits per heavy atom. The predicted octanol–water partition coefficient (Wildman–Crippen LogP) is 2.67. The number of hydrazine groups is 1. The summed E-state index contributed by atoms with van der Waals surface area (Å²) in [5, 5.41) is 0. The Kier molecular flexibility index (Phi) is 4.36. The molecule has 1 saturated carbocycles. The molecule has 100 valence electrons. The van der Waals surface area contributed by atoms with Crippen molar-refractivity contribution in [2.45, 2.75) is 52.0 Å². The number of nitrogens with zero attached hydrogens (tertiary/aromatic N) is 1. The molecule has 2 unspecified atom stereocenters. The Morgan fingerprint density at radius 2 is 2.28 bits per heavy atom. The molecule has 1 aliphatic rings. The second kappa shape index (κ2) is 5.81. The van der Waals surface area contributed by atoms with Crippen molar-refractivity contribution in [3.63, 3.8) is 0 Å². The molecule has 1 aromatic heterocycles. The van der Waals surface area contributed by atoms with Gasteiger partial charge in [0.15, 0.2) is 0 Å². The predicted molar refractivity (Wildman–Crippen MR) is 74.8 cm³/mol. The van der Waals surface area contributed by atoms with Crippen molar-refractivity contribution >= 4 is 0 Å². The first-order valence-electron chi connectivity index (χ1n) is 6.99. The largest absolute Gasteiger partial charge is 0.271 e. The number of hydrogen-bond acceptors (Lipinski definition) is 3. The van der Waals surface area contributed by atoms with Crippen molar-refractivity contribution in [1.82, 2.24) is 10.4 Å². The van der Waals surface area contributed by atoms with E-state index in [9.17, 15) is 0 Å². The monoisotopic (exact) mass is 247 g/mol. The number of nitrogens with two attached hydrogens (primary N) is 1.